The van der Waals surface area contributed by atoms with E-state index in [1.807, 2.05) is 48.5 Å². The van der Waals surface area contributed by atoms with Gasteiger partial charge in [0.2, 0.25) is 0 Å². The molecular weight excluding hydrogens is 483 g/mol. The molecule has 0 saturated heterocycles. The van der Waals surface area contributed by atoms with Crippen LogP contribution in [0.4, 0.5) is 18.0 Å². The minimum Gasteiger partial charge on any atom is -0.480 e. The highest BCUT2D eigenvalue weighted by molar-refractivity contribution is 6.31. The molecule has 182 valence electrons. The molecule has 3 aromatic rings. The number of ether oxygens (including phenoxy) is 1. The van der Waals surface area contributed by atoms with Crippen LogP contribution < -0.4 is 5.32 Å². The first-order valence-electron chi connectivity index (χ1n) is 10.8. The van der Waals surface area contributed by atoms with Gasteiger partial charge in [0, 0.05) is 10.9 Å². The summed E-state index contributed by atoms with van der Waals surface area (Å²) in [5, 5.41) is 11.7. The maximum Gasteiger partial charge on any atom is 0.416 e. The van der Waals surface area contributed by atoms with Crippen molar-refractivity contribution < 1.29 is 32.6 Å². The number of nitrogens with one attached hydrogen (secondary N) is 1. The highest BCUT2D eigenvalue weighted by Crippen LogP contribution is 2.44. The third-order valence-corrected chi connectivity index (χ3v) is 6.37. The molecule has 0 spiro atoms. The van der Waals surface area contributed by atoms with Gasteiger partial charge in [-0.15, -0.1) is 0 Å². The summed E-state index contributed by atoms with van der Waals surface area (Å²) in [5.41, 5.74) is 3.63. The molecule has 0 fully saturated rings. The van der Waals surface area contributed by atoms with Crippen molar-refractivity contribution in [3.8, 4) is 11.1 Å². The molecule has 1 aliphatic carbocycles. The van der Waals surface area contributed by atoms with Crippen LogP contribution in [0.25, 0.3) is 11.1 Å². The maximum absolute atomic E-state index is 12.8. The van der Waals surface area contributed by atoms with E-state index in [1.165, 1.54) is 6.07 Å². The van der Waals surface area contributed by atoms with E-state index in [9.17, 15) is 27.9 Å². The molecule has 0 radical (unpaired) electrons. The summed E-state index contributed by atoms with van der Waals surface area (Å²) in [6, 6.07) is 17.2. The van der Waals surface area contributed by atoms with Gasteiger partial charge in [0.15, 0.2) is 0 Å². The fraction of sp³-hybridized carbons (Fsp3) is 0.231. The Labute approximate surface area is 204 Å². The zero-order valence-electron chi connectivity index (χ0n) is 18.3. The topological polar surface area (TPSA) is 75.6 Å². The predicted molar refractivity (Wildman–Crippen MR) is 124 cm³/mol. The third-order valence-electron chi connectivity index (χ3n) is 6.02. The van der Waals surface area contributed by atoms with Gasteiger partial charge in [0.1, 0.15) is 12.6 Å². The molecule has 0 unspecified atom stereocenters. The lowest BCUT2D eigenvalue weighted by Crippen LogP contribution is -2.41. The van der Waals surface area contributed by atoms with E-state index < -0.39 is 29.8 Å². The molecule has 3 aromatic carbocycles. The smallest absolute Gasteiger partial charge is 0.416 e. The van der Waals surface area contributed by atoms with Crippen LogP contribution in [0.2, 0.25) is 5.02 Å². The fourth-order valence-corrected chi connectivity index (χ4v) is 4.54. The number of aliphatic carboxylic acids is 1. The van der Waals surface area contributed by atoms with E-state index in [1.54, 1.807) is 0 Å². The number of carbonyl (C=O) groups is 2. The summed E-state index contributed by atoms with van der Waals surface area (Å²) < 4.78 is 43.8. The van der Waals surface area contributed by atoms with Crippen LogP contribution in [0, 0.1) is 0 Å². The zero-order valence-corrected chi connectivity index (χ0v) is 19.1. The Bertz CT molecular complexity index is 1220. The molecule has 5 nitrogen and oxygen atoms in total. The van der Waals surface area contributed by atoms with Crippen LogP contribution in [-0.4, -0.2) is 29.8 Å². The van der Waals surface area contributed by atoms with Gasteiger partial charge >= 0.3 is 18.2 Å². The molecule has 1 aliphatic rings. The second-order valence-electron chi connectivity index (χ2n) is 8.20. The van der Waals surface area contributed by atoms with Crippen molar-refractivity contribution in [1.29, 1.82) is 0 Å². The Morgan fingerprint density at radius 3 is 2.14 bits per heavy atom. The molecule has 0 saturated carbocycles. The first-order valence-corrected chi connectivity index (χ1v) is 11.2. The summed E-state index contributed by atoms with van der Waals surface area (Å²) in [6.07, 6.45) is -5.45. The van der Waals surface area contributed by atoms with E-state index in [0.717, 1.165) is 34.4 Å². The number of fused-ring (bicyclic) bond motifs is 3. The van der Waals surface area contributed by atoms with Gasteiger partial charge in [-0.05, 0) is 52.8 Å². The van der Waals surface area contributed by atoms with Crippen molar-refractivity contribution in [3.63, 3.8) is 0 Å². The number of alkyl carbamates (subject to hydrolysis) is 1. The SMILES string of the molecule is O=C(N[C@H](CCc1ccc(C(F)(F)F)cc1Cl)C(=O)O)OCC1c2ccccc2-c2ccccc21. The monoisotopic (exact) mass is 503 g/mol. The Morgan fingerprint density at radius 1 is 1.00 bits per heavy atom. The van der Waals surface area contributed by atoms with Crippen LogP contribution in [0.3, 0.4) is 0 Å². The molecule has 0 heterocycles. The van der Waals surface area contributed by atoms with E-state index in [4.69, 9.17) is 16.3 Å². The Balaban J connectivity index is 1.38. The van der Waals surface area contributed by atoms with E-state index in [-0.39, 0.29) is 30.4 Å². The molecule has 0 bridgehead atoms. The molecule has 4 rings (SSSR count). The van der Waals surface area contributed by atoms with E-state index >= 15 is 0 Å². The Kier molecular flexibility index (Phi) is 7.03. The lowest BCUT2D eigenvalue weighted by molar-refractivity contribution is -0.139. The molecule has 2 N–H and O–H groups in total. The second-order valence-corrected chi connectivity index (χ2v) is 8.61. The third kappa shape index (κ3) is 5.43. The highest BCUT2D eigenvalue weighted by Gasteiger charge is 2.32. The summed E-state index contributed by atoms with van der Waals surface area (Å²) in [6.45, 7) is 0.0247. The summed E-state index contributed by atoms with van der Waals surface area (Å²) in [5.74, 6) is -1.47. The van der Waals surface area contributed by atoms with Crippen molar-refractivity contribution in [3.05, 3.63) is 94.0 Å². The predicted octanol–water partition coefficient (Wildman–Crippen LogP) is 6.28. The van der Waals surface area contributed by atoms with Crippen LogP contribution >= 0.6 is 11.6 Å². The number of hydrogen-bond acceptors (Lipinski definition) is 3. The molecule has 1 atom stereocenters. The van der Waals surface area contributed by atoms with Gasteiger partial charge in [-0.1, -0.05) is 66.2 Å². The molecule has 0 aliphatic heterocycles. The number of rotatable bonds is 7. The minimum atomic E-state index is -4.53. The van der Waals surface area contributed by atoms with Gasteiger partial charge in [-0.3, -0.25) is 0 Å². The molecule has 0 aromatic heterocycles. The normalized spacial score (nSPS) is 13.6. The maximum atomic E-state index is 12.8. The number of alkyl halides is 3. The van der Waals surface area contributed by atoms with Gasteiger partial charge in [0.25, 0.3) is 0 Å². The number of hydrogen-bond donors (Lipinski definition) is 2. The number of carbonyl (C=O) groups excluding carboxylic acids is 1. The lowest BCUT2D eigenvalue weighted by atomic mass is 9.98. The zero-order chi connectivity index (χ0) is 25.2. The van der Waals surface area contributed by atoms with E-state index in [2.05, 4.69) is 5.32 Å². The van der Waals surface area contributed by atoms with Crippen LogP contribution in [0.5, 0.6) is 0 Å². The van der Waals surface area contributed by atoms with Crippen molar-refractivity contribution in [2.45, 2.75) is 31.0 Å². The minimum absolute atomic E-state index is 0.0247. The standard InChI is InChI=1S/C26H21ClF3NO4/c27-22-13-16(26(28,29)30)11-9-15(22)10-12-23(24(32)33)31-25(34)35-14-21-19-7-3-1-5-17(19)18-6-2-4-8-20(18)21/h1-9,11,13,21,23H,10,12,14H2,(H,31,34)(H,32,33)/t23-/m1/s1. The fourth-order valence-electron chi connectivity index (χ4n) is 4.27. The van der Waals surface area contributed by atoms with Crippen LogP contribution in [0.15, 0.2) is 66.7 Å². The van der Waals surface area contributed by atoms with Crippen molar-refractivity contribution in [2.75, 3.05) is 6.61 Å². The van der Waals surface area contributed by atoms with Gasteiger partial charge in [-0.25, -0.2) is 9.59 Å². The van der Waals surface area contributed by atoms with E-state index in [0.29, 0.717) is 5.56 Å². The quantitative estimate of drug-likeness (QED) is 0.397. The molecule has 9 heteroatoms. The summed E-state index contributed by atoms with van der Waals surface area (Å²) in [4.78, 5) is 24.1. The average Bonchev–Trinajstić information content (AvgIpc) is 3.14. The second kappa shape index (κ2) is 10.00. The average molecular weight is 504 g/mol. The Hall–Kier alpha value is -3.52. The van der Waals surface area contributed by atoms with Crippen LogP contribution in [-0.2, 0) is 22.1 Å². The Morgan fingerprint density at radius 2 is 1.60 bits per heavy atom. The number of carboxylic acids is 1. The van der Waals surface area contributed by atoms with Gasteiger partial charge < -0.3 is 15.2 Å². The molecule has 35 heavy (non-hydrogen) atoms. The van der Waals surface area contributed by atoms with Gasteiger partial charge in [-0.2, -0.15) is 13.2 Å². The number of carboxylic acid groups (broad SMARTS) is 1. The first kappa shape index (κ1) is 24.6. The number of amides is 1. The van der Waals surface area contributed by atoms with Crippen molar-refractivity contribution >= 4 is 23.7 Å². The highest BCUT2D eigenvalue weighted by atomic mass is 35.5. The summed E-state index contributed by atoms with van der Waals surface area (Å²) in [7, 11) is 0. The largest absolute Gasteiger partial charge is 0.480 e. The van der Waals surface area contributed by atoms with Crippen molar-refractivity contribution in [1.82, 2.24) is 5.32 Å². The van der Waals surface area contributed by atoms with Crippen molar-refractivity contribution in [2.24, 2.45) is 0 Å². The molecule has 1 amide bonds. The lowest BCUT2D eigenvalue weighted by Gasteiger charge is -2.18. The van der Waals surface area contributed by atoms with Crippen LogP contribution in [0.1, 0.15) is 34.6 Å². The summed E-state index contributed by atoms with van der Waals surface area (Å²) >= 11 is 5.95. The number of benzene rings is 3. The van der Waals surface area contributed by atoms with Gasteiger partial charge in [0.05, 0.1) is 5.56 Å². The molecular formula is C26H21ClF3NO4. The number of aryl methyl sites for hydroxylation is 1. The first-order chi connectivity index (χ1) is 16.6. The number of halogens is 4.